The smallest absolute Gasteiger partial charge is 0.325 e. The molecule has 0 bridgehead atoms. The van der Waals surface area contributed by atoms with Crippen LogP contribution < -0.4 is 5.32 Å². The monoisotopic (exact) mass is 259 g/mol. The number of carboxylic acids is 1. The van der Waals surface area contributed by atoms with Crippen molar-refractivity contribution in [3.8, 4) is 0 Å². The van der Waals surface area contributed by atoms with Gasteiger partial charge in [0.2, 0.25) is 11.1 Å². The number of hydrogen-bond acceptors (Lipinski definition) is 6. The van der Waals surface area contributed by atoms with Gasteiger partial charge in [0, 0.05) is 6.54 Å². The molecule has 8 nitrogen and oxygen atoms in total. The van der Waals surface area contributed by atoms with Gasteiger partial charge in [-0.05, 0) is 24.3 Å². The number of aromatic nitrogens is 4. The van der Waals surface area contributed by atoms with Crippen LogP contribution in [0, 0.1) is 0 Å². The Labute approximate surface area is 102 Å². The summed E-state index contributed by atoms with van der Waals surface area (Å²) in [5.74, 6) is -1.17. The van der Waals surface area contributed by atoms with E-state index in [1.54, 1.807) is 6.92 Å². The fourth-order valence-corrected chi connectivity index (χ4v) is 1.85. The largest absolute Gasteiger partial charge is 0.480 e. The van der Waals surface area contributed by atoms with Crippen molar-refractivity contribution in [1.29, 1.82) is 0 Å². The summed E-state index contributed by atoms with van der Waals surface area (Å²) in [6.07, 6.45) is 0. The van der Waals surface area contributed by atoms with Crippen LogP contribution in [0.1, 0.15) is 13.8 Å². The van der Waals surface area contributed by atoms with Crippen molar-refractivity contribution in [3.63, 3.8) is 0 Å². The second-order valence-corrected chi connectivity index (χ2v) is 4.48. The predicted molar refractivity (Wildman–Crippen MR) is 59.5 cm³/mol. The van der Waals surface area contributed by atoms with Crippen molar-refractivity contribution < 1.29 is 14.7 Å². The lowest BCUT2D eigenvalue weighted by atomic mass is 10.4. The van der Waals surface area contributed by atoms with E-state index < -0.39 is 5.97 Å². The first kappa shape index (κ1) is 13.4. The Morgan fingerprint density at radius 2 is 2.29 bits per heavy atom. The van der Waals surface area contributed by atoms with E-state index in [0.717, 1.165) is 16.4 Å². The fourth-order valence-electron chi connectivity index (χ4n) is 1.04. The molecule has 1 aromatic rings. The van der Waals surface area contributed by atoms with Gasteiger partial charge in [0.1, 0.15) is 6.54 Å². The number of nitrogens with one attached hydrogen (secondary N) is 1. The van der Waals surface area contributed by atoms with Gasteiger partial charge in [-0.3, -0.25) is 9.59 Å². The predicted octanol–water partition coefficient (Wildman–Crippen LogP) is -0.626. The molecule has 94 valence electrons. The molecule has 1 rings (SSSR count). The Kier molecular flexibility index (Phi) is 4.88. The maximum atomic E-state index is 11.5. The molecule has 0 aromatic carbocycles. The van der Waals surface area contributed by atoms with E-state index in [4.69, 9.17) is 5.11 Å². The zero-order chi connectivity index (χ0) is 12.8. The molecule has 1 heterocycles. The van der Waals surface area contributed by atoms with Crippen LogP contribution in [0.5, 0.6) is 0 Å². The Bertz CT molecular complexity index is 408. The lowest BCUT2D eigenvalue weighted by Gasteiger charge is -2.09. The van der Waals surface area contributed by atoms with Crippen LogP contribution in [0.2, 0.25) is 0 Å². The van der Waals surface area contributed by atoms with Crippen molar-refractivity contribution in [2.45, 2.75) is 30.8 Å². The molecule has 0 saturated carbocycles. The summed E-state index contributed by atoms with van der Waals surface area (Å²) in [6, 6.07) is 0. The molecule has 0 saturated heterocycles. The Morgan fingerprint density at radius 1 is 1.59 bits per heavy atom. The molecule has 0 aliphatic heterocycles. The summed E-state index contributed by atoms with van der Waals surface area (Å²) in [4.78, 5) is 22.0. The minimum absolute atomic E-state index is 0.137. The Balaban J connectivity index is 2.64. The highest BCUT2D eigenvalue weighted by Crippen LogP contribution is 2.19. The SMILES string of the molecule is CCNC(=O)C(C)Sc1nnnn1CC(=O)O. The van der Waals surface area contributed by atoms with Gasteiger partial charge in [-0.2, -0.15) is 0 Å². The molecule has 0 fully saturated rings. The molecule has 1 aromatic heterocycles. The highest BCUT2D eigenvalue weighted by atomic mass is 32.2. The van der Waals surface area contributed by atoms with Gasteiger partial charge in [0.15, 0.2) is 0 Å². The maximum absolute atomic E-state index is 11.5. The number of carbonyl (C=O) groups excluding carboxylic acids is 1. The fraction of sp³-hybridized carbons (Fsp3) is 0.625. The highest BCUT2D eigenvalue weighted by Gasteiger charge is 2.18. The van der Waals surface area contributed by atoms with Crippen LogP contribution in [-0.2, 0) is 16.1 Å². The second kappa shape index (κ2) is 6.18. The topological polar surface area (TPSA) is 110 Å². The number of carboxylic acid groups (broad SMARTS) is 1. The van der Waals surface area contributed by atoms with Crippen LogP contribution in [-0.4, -0.2) is 49.0 Å². The minimum Gasteiger partial charge on any atom is -0.480 e. The average Bonchev–Trinajstić information content (AvgIpc) is 2.65. The van der Waals surface area contributed by atoms with E-state index in [1.807, 2.05) is 6.92 Å². The Morgan fingerprint density at radius 3 is 2.88 bits per heavy atom. The average molecular weight is 259 g/mol. The summed E-state index contributed by atoms with van der Waals surface area (Å²) >= 11 is 1.12. The zero-order valence-corrected chi connectivity index (χ0v) is 10.3. The molecule has 1 atom stereocenters. The quantitative estimate of drug-likeness (QED) is 0.655. The summed E-state index contributed by atoms with van der Waals surface area (Å²) in [7, 11) is 0. The molecule has 2 N–H and O–H groups in total. The van der Waals surface area contributed by atoms with Gasteiger partial charge < -0.3 is 10.4 Å². The van der Waals surface area contributed by atoms with Gasteiger partial charge in [-0.1, -0.05) is 11.8 Å². The first-order valence-electron chi connectivity index (χ1n) is 4.97. The molecule has 1 amide bonds. The van der Waals surface area contributed by atoms with E-state index in [9.17, 15) is 9.59 Å². The first-order valence-corrected chi connectivity index (χ1v) is 5.85. The van der Waals surface area contributed by atoms with Crippen LogP contribution in [0.25, 0.3) is 0 Å². The number of aliphatic carboxylic acids is 1. The lowest BCUT2D eigenvalue weighted by Crippen LogP contribution is -2.30. The van der Waals surface area contributed by atoms with Crippen LogP contribution in [0.15, 0.2) is 5.16 Å². The maximum Gasteiger partial charge on any atom is 0.325 e. The summed E-state index contributed by atoms with van der Waals surface area (Å²) < 4.78 is 1.14. The number of tetrazole rings is 1. The molecule has 0 spiro atoms. The van der Waals surface area contributed by atoms with Crippen LogP contribution in [0.3, 0.4) is 0 Å². The van der Waals surface area contributed by atoms with Gasteiger partial charge >= 0.3 is 5.97 Å². The van der Waals surface area contributed by atoms with Gasteiger partial charge in [0.05, 0.1) is 5.25 Å². The standard InChI is InChI=1S/C8H13N5O3S/c1-3-9-7(16)5(2)17-8-10-11-12-13(8)4-6(14)15/h5H,3-4H2,1-2H3,(H,9,16)(H,14,15). The van der Waals surface area contributed by atoms with Gasteiger partial charge in [-0.25, -0.2) is 4.68 Å². The van der Waals surface area contributed by atoms with Crippen molar-refractivity contribution in [2.24, 2.45) is 0 Å². The van der Waals surface area contributed by atoms with Crippen molar-refractivity contribution in [3.05, 3.63) is 0 Å². The zero-order valence-electron chi connectivity index (χ0n) is 9.45. The number of amides is 1. The number of hydrogen-bond donors (Lipinski definition) is 2. The summed E-state index contributed by atoms with van der Waals surface area (Å²) in [5.41, 5.74) is 0. The Hall–Kier alpha value is -1.64. The normalized spacial score (nSPS) is 12.1. The van der Waals surface area contributed by atoms with E-state index in [0.29, 0.717) is 11.7 Å². The van der Waals surface area contributed by atoms with Crippen molar-refractivity contribution in [2.75, 3.05) is 6.54 Å². The summed E-state index contributed by atoms with van der Waals surface area (Å²) in [6.45, 7) is 3.75. The third-order valence-corrected chi connectivity index (χ3v) is 2.86. The highest BCUT2D eigenvalue weighted by molar-refractivity contribution is 8.00. The number of carbonyl (C=O) groups is 2. The second-order valence-electron chi connectivity index (χ2n) is 3.17. The third-order valence-electron chi connectivity index (χ3n) is 1.79. The van der Waals surface area contributed by atoms with Gasteiger partial charge in [0.25, 0.3) is 0 Å². The third kappa shape index (κ3) is 4.02. The number of nitrogens with zero attached hydrogens (tertiary/aromatic N) is 4. The molecule has 0 aliphatic carbocycles. The molecule has 9 heteroatoms. The number of thioether (sulfide) groups is 1. The summed E-state index contributed by atoms with van der Waals surface area (Å²) in [5, 5.41) is 21.8. The lowest BCUT2D eigenvalue weighted by molar-refractivity contribution is -0.138. The van der Waals surface area contributed by atoms with Gasteiger partial charge in [-0.15, -0.1) is 5.10 Å². The minimum atomic E-state index is -1.04. The van der Waals surface area contributed by atoms with E-state index in [2.05, 4.69) is 20.8 Å². The van der Waals surface area contributed by atoms with E-state index in [1.165, 1.54) is 0 Å². The van der Waals surface area contributed by atoms with Crippen molar-refractivity contribution >= 4 is 23.6 Å². The molecule has 1 unspecified atom stereocenters. The molecular formula is C8H13N5O3S. The molecule has 0 radical (unpaired) electrons. The van der Waals surface area contributed by atoms with Crippen LogP contribution >= 0.6 is 11.8 Å². The molecule has 17 heavy (non-hydrogen) atoms. The van der Waals surface area contributed by atoms with Crippen molar-refractivity contribution in [1.82, 2.24) is 25.5 Å². The number of rotatable bonds is 6. The van der Waals surface area contributed by atoms with E-state index >= 15 is 0 Å². The van der Waals surface area contributed by atoms with E-state index in [-0.39, 0.29) is 17.7 Å². The molecular weight excluding hydrogens is 246 g/mol. The first-order chi connectivity index (χ1) is 8.04. The van der Waals surface area contributed by atoms with Crippen LogP contribution in [0.4, 0.5) is 0 Å². The molecule has 0 aliphatic rings.